The maximum atomic E-state index is 5.79. The van der Waals surface area contributed by atoms with Crippen molar-refractivity contribution in [1.29, 1.82) is 0 Å². The summed E-state index contributed by atoms with van der Waals surface area (Å²) in [6.45, 7) is 0. The van der Waals surface area contributed by atoms with E-state index in [4.69, 9.17) is 10.7 Å². The summed E-state index contributed by atoms with van der Waals surface area (Å²) >= 11 is 0. The van der Waals surface area contributed by atoms with Crippen LogP contribution in [-0.2, 0) is 7.05 Å². The highest BCUT2D eigenvalue weighted by molar-refractivity contribution is 5.79. The van der Waals surface area contributed by atoms with Crippen molar-refractivity contribution in [3.63, 3.8) is 0 Å². The van der Waals surface area contributed by atoms with Crippen LogP contribution in [0.25, 0.3) is 11.0 Å². The SMILES string of the molecule is Cn1c(C2CCCC2)nc2cc(N)ccc21. The molecule has 84 valence electrons. The van der Waals surface area contributed by atoms with E-state index >= 15 is 0 Å². The molecule has 1 aromatic carbocycles. The maximum Gasteiger partial charge on any atom is 0.112 e. The second-order valence-corrected chi connectivity index (χ2v) is 4.76. The lowest BCUT2D eigenvalue weighted by Gasteiger charge is -2.08. The van der Waals surface area contributed by atoms with Gasteiger partial charge in [0.15, 0.2) is 0 Å². The average molecular weight is 215 g/mol. The van der Waals surface area contributed by atoms with Gasteiger partial charge in [0, 0.05) is 18.7 Å². The molecule has 3 rings (SSSR count). The zero-order valence-corrected chi connectivity index (χ0v) is 9.61. The first-order valence-electron chi connectivity index (χ1n) is 5.97. The third kappa shape index (κ3) is 1.39. The molecule has 1 saturated carbocycles. The molecule has 0 radical (unpaired) electrons. The lowest BCUT2D eigenvalue weighted by atomic mass is 10.1. The number of benzene rings is 1. The highest BCUT2D eigenvalue weighted by atomic mass is 15.1. The number of nitrogen functional groups attached to an aromatic ring is 1. The molecule has 0 unspecified atom stereocenters. The number of anilines is 1. The fraction of sp³-hybridized carbons (Fsp3) is 0.462. The Morgan fingerprint density at radius 1 is 1.31 bits per heavy atom. The van der Waals surface area contributed by atoms with Gasteiger partial charge in [0.05, 0.1) is 11.0 Å². The Morgan fingerprint density at radius 2 is 2.06 bits per heavy atom. The standard InChI is InChI=1S/C13H17N3/c1-16-12-7-6-10(14)8-11(12)15-13(16)9-4-2-3-5-9/h6-9H,2-5,14H2,1H3. The summed E-state index contributed by atoms with van der Waals surface area (Å²) in [7, 11) is 2.11. The summed E-state index contributed by atoms with van der Waals surface area (Å²) in [5.74, 6) is 1.89. The van der Waals surface area contributed by atoms with E-state index in [0.29, 0.717) is 5.92 Å². The molecule has 1 heterocycles. The number of nitrogens with zero attached hydrogens (tertiary/aromatic N) is 2. The Balaban J connectivity index is 2.14. The van der Waals surface area contributed by atoms with Gasteiger partial charge in [0.1, 0.15) is 5.82 Å². The fourth-order valence-corrected chi connectivity index (χ4v) is 2.78. The van der Waals surface area contributed by atoms with Crippen molar-refractivity contribution >= 4 is 16.7 Å². The van der Waals surface area contributed by atoms with Crippen LogP contribution in [0.3, 0.4) is 0 Å². The van der Waals surface area contributed by atoms with Gasteiger partial charge < -0.3 is 10.3 Å². The zero-order chi connectivity index (χ0) is 11.1. The molecule has 2 N–H and O–H groups in total. The Kier molecular flexibility index (Phi) is 2.13. The number of rotatable bonds is 1. The Morgan fingerprint density at radius 3 is 2.81 bits per heavy atom. The van der Waals surface area contributed by atoms with Crippen molar-refractivity contribution in [3.8, 4) is 0 Å². The number of aromatic nitrogens is 2. The van der Waals surface area contributed by atoms with Crippen molar-refractivity contribution in [2.45, 2.75) is 31.6 Å². The van der Waals surface area contributed by atoms with Gasteiger partial charge in [-0.25, -0.2) is 4.98 Å². The van der Waals surface area contributed by atoms with Crippen LogP contribution >= 0.6 is 0 Å². The van der Waals surface area contributed by atoms with Crippen LogP contribution in [0.5, 0.6) is 0 Å². The molecule has 16 heavy (non-hydrogen) atoms. The van der Waals surface area contributed by atoms with E-state index in [2.05, 4.69) is 17.7 Å². The van der Waals surface area contributed by atoms with Gasteiger partial charge in [-0.15, -0.1) is 0 Å². The third-order valence-corrected chi connectivity index (χ3v) is 3.66. The molecular formula is C13H17N3. The van der Waals surface area contributed by atoms with Gasteiger partial charge in [-0.2, -0.15) is 0 Å². The molecule has 2 aromatic rings. The van der Waals surface area contributed by atoms with E-state index < -0.39 is 0 Å². The average Bonchev–Trinajstić information content (AvgIpc) is 2.86. The van der Waals surface area contributed by atoms with E-state index in [0.717, 1.165) is 11.2 Å². The van der Waals surface area contributed by atoms with Gasteiger partial charge >= 0.3 is 0 Å². The van der Waals surface area contributed by atoms with Crippen LogP contribution in [0.4, 0.5) is 5.69 Å². The molecular weight excluding hydrogens is 198 g/mol. The molecule has 0 aliphatic heterocycles. The summed E-state index contributed by atoms with van der Waals surface area (Å²) in [4.78, 5) is 4.74. The lowest BCUT2D eigenvalue weighted by molar-refractivity contribution is 0.639. The number of nitrogens with two attached hydrogens (primary N) is 1. The molecule has 1 fully saturated rings. The minimum atomic E-state index is 0.652. The summed E-state index contributed by atoms with van der Waals surface area (Å²) in [6, 6.07) is 5.98. The minimum Gasteiger partial charge on any atom is -0.399 e. The van der Waals surface area contributed by atoms with Crippen LogP contribution in [-0.4, -0.2) is 9.55 Å². The topological polar surface area (TPSA) is 43.8 Å². The molecule has 0 amide bonds. The van der Waals surface area contributed by atoms with E-state index in [1.54, 1.807) is 0 Å². The van der Waals surface area contributed by atoms with E-state index in [1.165, 1.54) is 37.0 Å². The zero-order valence-electron chi connectivity index (χ0n) is 9.61. The Bertz CT molecular complexity index is 521. The predicted octanol–water partition coefficient (Wildman–Crippen LogP) is 2.81. The predicted molar refractivity (Wildman–Crippen MR) is 66.3 cm³/mol. The first-order valence-corrected chi connectivity index (χ1v) is 5.97. The molecule has 0 bridgehead atoms. The van der Waals surface area contributed by atoms with Crippen LogP contribution in [0.15, 0.2) is 18.2 Å². The number of imidazole rings is 1. The molecule has 1 aliphatic rings. The van der Waals surface area contributed by atoms with E-state index in [9.17, 15) is 0 Å². The van der Waals surface area contributed by atoms with Crippen molar-refractivity contribution in [2.75, 3.05) is 5.73 Å². The number of aryl methyl sites for hydroxylation is 1. The minimum absolute atomic E-state index is 0.652. The van der Waals surface area contributed by atoms with Crippen molar-refractivity contribution < 1.29 is 0 Å². The third-order valence-electron chi connectivity index (χ3n) is 3.66. The van der Waals surface area contributed by atoms with Gasteiger partial charge in [0.25, 0.3) is 0 Å². The van der Waals surface area contributed by atoms with Crippen molar-refractivity contribution in [1.82, 2.24) is 9.55 Å². The molecule has 3 nitrogen and oxygen atoms in total. The number of hydrogen-bond donors (Lipinski definition) is 1. The van der Waals surface area contributed by atoms with Crippen LogP contribution < -0.4 is 5.73 Å². The highest BCUT2D eigenvalue weighted by Crippen LogP contribution is 2.34. The van der Waals surface area contributed by atoms with Crippen LogP contribution in [0, 0.1) is 0 Å². The second kappa shape index (κ2) is 3.51. The normalized spacial score (nSPS) is 17.3. The first kappa shape index (κ1) is 9.70. The molecule has 0 atom stereocenters. The molecule has 0 saturated heterocycles. The quantitative estimate of drug-likeness (QED) is 0.743. The van der Waals surface area contributed by atoms with Gasteiger partial charge in [-0.05, 0) is 31.0 Å². The lowest BCUT2D eigenvalue weighted by Crippen LogP contribution is -2.02. The molecule has 0 spiro atoms. The van der Waals surface area contributed by atoms with Crippen molar-refractivity contribution in [2.24, 2.45) is 7.05 Å². The molecule has 1 aromatic heterocycles. The highest BCUT2D eigenvalue weighted by Gasteiger charge is 2.22. The van der Waals surface area contributed by atoms with Crippen molar-refractivity contribution in [3.05, 3.63) is 24.0 Å². The van der Waals surface area contributed by atoms with E-state index in [-0.39, 0.29) is 0 Å². The first-order chi connectivity index (χ1) is 7.75. The van der Waals surface area contributed by atoms with Gasteiger partial charge in [-0.1, -0.05) is 12.8 Å². The van der Waals surface area contributed by atoms with Crippen LogP contribution in [0.1, 0.15) is 37.4 Å². The van der Waals surface area contributed by atoms with Crippen LogP contribution in [0.2, 0.25) is 0 Å². The second-order valence-electron chi connectivity index (χ2n) is 4.76. The van der Waals surface area contributed by atoms with Gasteiger partial charge in [-0.3, -0.25) is 0 Å². The monoisotopic (exact) mass is 215 g/mol. The summed E-state index contributed by atoms with van der Waals surface area (Å²) in [6.07, 6.45) is 5.26. The summed E-state index contributed by atoms with van der Waals surface area (Å²) in [5.41, 5.74) is 8.81. The number of hydrogen-bond acceptors (Lipinski definition) is 2. The molecule has 3 heteroatoms. The summed E-state index contributed by atoms with van der Waals surface area (Å²) < 4.78 is 2.23. The largest absolute Gasteiger partial charge is 0.399 e. The smallest absolute Gasteiger partial charge is 0.112 e. The number of fused-ring (bicyclic) bond motifs is 1. The fourth-order valence-electron chi connectivity index (χ4n) is 2.78. The molecule has 1 aliphatic carbocycles. The Hall–Kier alpha value is -1.51. The summed E-state index contributed by atoms with van der Waals surface area (Å²) in [5, 5.41) is 0. The van der Waals surface area contributed by atoms with Gasteiger partial charge in [0.2, 0.25) is 0 Å². The Labute approximate surface area is 95.3 Å². The maximum absolute atomic E-state index is 5.79. The van der Waals surface area contributed by atoms with E-state index in [1.807, 2.05) is 12.1 Å².